The monoisotopic (exact) mass is 390 g/mol. The van der Waals surface area contributed by atoms with Crippen LogP contribution in [-0.4, -0.2) is 22.8 Å². The summed E-state index contributed by atoms with van der Waals surface area (Å²) >= 11 is 0. The SMILES string of the molecule is CCOP(=O)(OCC)C(CC)n1c(=O)c(=O)[nH]c2c3ccccc3ccc21. The average Bonchev–Trinajstić information content (AvgIpc) is 2.65. The lowest BCUT2D eigenvalue weighted by molar-refractivity contribution is 0.202. The zero-order valence-corrected chi connectivity index (χ0v) is 16.5. The van der Waals surface area contributed by atoms with Crippen LogP contribution in [0.5, 0.6) is 0 Å². The van der Waals surface area contributed by atoms with Crippen LogP contribution in [0.25, 0.3) is 21.8 Å². The second kappa shape index (κ2) is 7.80. The molecule has 2 aromatic carbocycles. The molecule has 0 spiro atoms. The molecule has 1 atom stereocenters. The first-order chi connectivity index (χ1) is 13.0. The third kappa shape index (κ3) is 3.38. The van der Waals surface area contributed by atoms with Gasteiger partial charge in [0.05, 0.1) is 24.2 Å². The van der Waals surface area contributed by atoms with E-state index in [1.165, 1.54) is 4.57 Å². The second-order valence-electron chi connectivity index (χ2n) is 6.07. The zero-order chi connectivity index (χ0) is 19.6. The molecule has 1 heterocycles. The second-order valence-corrected chi connectivity index (χ2v) is 8.27. The van der Waals surface area contributed by atoms with Gasteiger partial charge in [-0.25, -0.2) is 0 Å². The van der Waals surface area contributed by atoms with E-state index in [0.717, 1.165) is 10.8 Å². The molecule has 0 bridgehead atoms. The number of aromatic nitrogens is 2. The third-order valence-electron chi connectivity index (χ3n) is 4.46. The van der Waals surface area contributed by atoms with Crippen LogP contribution in [0.3, 0.4) is 0 Å². The molecule has 8 heteroatoms. The van der Waals surface area contributed by atoms with E-state index in [0.29, 0.717) is 17.5 Å². The van der Waals surface area contributed by atoms with Crippen LogP contribution in [0, 0.1) is 0 Å². The van der Waals surface area contributed by atoms with Crippen molar-refractivity contribution in [3.63, 3.8) is 0 Å². The Labute approximate surface area is 156 Å². The Morgan fingerprint density at radius 3 is 2.33 bits per heavy atom. The molecule has 0 aliphatic heterocycles. The van der Waals surface area contributed by atoms with Crippen LogP contribution in [0.4, 0.5) is 0 Å². The molecule has 0 fully saturated rings. The molecule has 0 radical (unpaired) electrons. The van der Waals surface area contributed by atoms with Gasteiger partial charge in [-0.3, -0.25) is 18.7 Å². The van der Waals surface area contributed by atoms with Gasteiger partial charge in [-0.2, -0.15) is 0 Å². The van der Waals surface area contributed by atoms with Gasteiger partial charge in [0.25, 0.3) is 0 Å². The lowest BCUT2D eigenvalue weighted by Gasteiger charge is -2.27. The van der Waals surface area contributed by atoms with Crippen molar-refractivity contribution < 1.29 is 13.6 Å². The van der Waals surface area contributed by atoms with Gasteiger partial charge >= 0.3 is 18.7 Å². The van der Waals surface area contributed by atoms with Crippen LogP contribution >= 0.6 is 7.60 Å². The number of nitrogens with one attached hydrogen (secondary N) is 1. The Balaban J connectivity index is 2.40. The van der Waals surface area contributed by atoms with E-state index in [-0.39, 0.29) is 13.2 Å². The summed E-state index contributed by atoms with van der Waals surface area (Å²) in [6, 6.07) is 11.2. The topological polar surface area (TPSA) is 90.4 Å². The Bertz CT molecular complexity index is 1120. The Morgan fingerprint density at radius 1 is 1.04 bits per heavy atom. The lowest BCUT2D eigenvalue weighted by atomic mass is 10.1. The summed E-state index contributed by atoms with van der Waals surface area (Å²) in [5.41, 5.74) is -0.526. The summed E-state index contributed by atoms with van der Waals surface area (Å²) < 4.78 is 25.6. The molecular formula is C19H23N2O5P. The number of fused-ring (bicyclic) bond motifs is 3. The highest BCUT2D eigenvalue weighted by Crippen LogP contribution is 2.60. The maximum Gasteiger partial charge on any atom is 0.353 e. The summed E-state index contributed by atoms with van der Waals surface area (Å²) in [6.45, 7) is 5.56. The molecule has 1 aromatic heterocycles. The molecule has 0 saturated carbocycles. The van der Waals surface area contributed by atoms with Crippen LogP contribution in [-0.2, 0) is 13.6 Å². The zero-order valence-electron chi connectivity index (χ0n) is 15.6. The highest BCUT2D eigenvalue weighted by atomic mass is 31.2. The molecule has 1 unspecified atom stereocenters. The average molecular weight is 390 g/mol. The van der Waals surface area contributed by atoms with E-state index < -0.39 is 24.5 Å². The third-order valence-corrected chi connectivity index (χ3v) is 7.03. The molecule has 27 heavy (non-hydrogen) atoms. The number of benzene rings is 2. The van der Waals surface area contributed by atoms with Gasteiger partial charge in [0, 0.05) is 5.39 Å². The van der Waals surface area contributed by atoms with Gasteiger partial charge in [0.15, 0.2) is 0 Å². The van der Waals surface area contributed by atoms with Crippen molar-refractivity contribution in [1.82, 2.24) is 9.55 Å². The molecule has 144 valence electrons. The lowest BCUT2D eigenvalue weighted by Crippen LogP contribution is -2.38. The minimum atomic E-state index is -3.65. The summed E-state index contributed by atoms with van der Waals surface area (Å²) in [5.74, 6) is -0.893. The van der Waals surface area contributed by atoms with Gasteiger partial charge < -0.3 is 14.0 Å². The first kappa shape index (κ1) is 19.5. The molecule has 0 aliphatic rings. The summed E-state index contributed by atoms with van der Waals surface area (Å²) in [7, 11) is -3.65. The van der Waals surface area contributed by atoms with Gasteiger partial charge in [-0.1, -0.05) is 37.3 Å². The fourth-order valence-electron chi connectivity index (χ4n) is 3.39. The molecule has 7 nitrogen and oxygen atoms in total. The Morgan fingerprint density at radius 2 is 1.70 bits per heavy atom. The highest BCUT2D eigenvalue weighted by Gasteiger charge is 2.37. The number of aromatic amines is 1. The number of hydrogen-bond donors (Lipinski definition) is 1. The minimum absolute atomic E-state index is 0.173. The molecular weight excluding hydrogens is 367 g/mol. The molecule has 0 amide bonds. The molecule has 3 aromatic rings. The highest BCUT2D eigenvalue weighted by molar-refractivity contribution is 7.54. The molecule has 3 rings (SSSR count). The number of H-pyrrole nitrogens is 1. The smallest absolute Gasteiger partial charge is 0.315 e. The summed E-state index contributed by atoms with van der Waals surface area (Å²) in [5, 5.41) is 1.73. The van der Waals surface area contributed by atoms with Gasteiger partial charge in [-0.15, -0.1) is 0 Å². The Kier molecular flexibility index (Phi) is 5.65. The predicted molar refractivity (Wildman–Crippen MR) is 107 cm³/mol. The fraction of sp³-hybridized carbons (Fsp3) is 0.368. The van der Waals surface area contributed by atoms with Crippen molar-refractivity contribution in [2.45, 2.75) is 33.0 Å². The maximum absolute atomic E-state index is 13.4. The van der Waals surface area contributed by atoms with Crippen LogP contribution in [0.2, 0.25) is 0 Å². The van der Waals surface area contributed by atoms with Crippen LogP contribution < -0.4 is 11.1 Å². The Hall–Kier alpha value is -2.21. The normalized spacial score (nSPS) is 13.3. The van der Waals surface area contributed by atoms with Crippen molar-refractivity contribution in [3.8, 4) is 0 Å². The van der Waals surface area contributed by atoms with Crippen LogP contribution in [0.15, 0.2) is 46.0 Å². The fourth-order valence-corrected chi connectivity index (χ4v) is 5.49. The number of hydrogen-bond acceptors (Lipinski definition) is 5. The van der Waals surface area contributed by atoms with Crippen molar-refractivity contribution in [3.05, 3.63) is 57.1 Å². The van der Waals surface area contributed by atoms with Crippen molar-refractivity contribution in [2.24, 2.45) is 0 Å². The van der Waals surface area contributed by atoms with E-state index in [1.807, 2.05) is 30.3 Å². The summed E-state index contributed by atoms with van der Waals surface area (Å²) in [6.07, 6.45) is 0.308. The van der Waals surface area contributed by atoms with Crippen molar-refractivity contribution in [2.75, 3.05) is 13.2 Å². The van der Waals surface area contributed by atoms with Gasteiger partial charge in [0.2, 0.25) is 0 Å². The van der Waals surface area contributed by atoms with E-state index in [2.05, 4.69) is 4.98 Å². The standard InChI is InChI=1S/C19H23N2O5P/c1-4-16(27(24,25-5-2)26-6-3)21-15-12-11-13-9-7-8-10-14(13)17(15)20-18(22)19(21)23/h7-12,16H,4-6H2,1-3H3,(H,20,22). The van der Waals surface area contributed by atoms with E-state index in [9.17, 15) is 14.2 Å². The largest absolute Gasteiger partial charge is 0.353 e. The molecule has 0 saturated heterocycles. The van der Waals surface area contributed by atoms with Crippen molar-refractivity contribution in [1.29, 1.82) is 0 Å². The molecule has 0 aliphatic carbocycles. The van der Waals surface area contributed by atoms with E-state index >= 15 is 0 Å². The summed E-state index contributed by atoms with van der Waals surface area (Å²) in [4.78, 5) is 27.8. The quantitative estimate of drug-likeness (QED) is 0.374. The first-order valence-corrected chi connectivity index (χ1v) is 10.6. The maximum atomic E-state index is 13.4. The van der Waals surface area contributed by atoms with E-state index in [4.69, 9.17) is 9.05 Å². The minimum Gasteiger partial charge on any atom is -0.315 e. The van der Waals surface area contributed by atoms with Gasteiger partial charge in [0.1, 0.15) is 5.78 Å². The number of nitrogens with zero attached hydrogens (tertiary/aromatic N) is 1. The first-order valence-electron chi connectivity index (χ1n) is 9.01. The molecule has 1 N–H and O–H groups in total. The number of rotatable bonds is 7. The van der Waals surface area contributed by atoms with E-state index in [1.54, 1.807) is 26.8 Å². The van der Waals surface area contributed by atoms with Crippen LogP contribution in [0.1, 0.15) is 33.0 Å². The van der Waals surface area contributed by atoms with Crippen molar-refractivity contribution >= 4 is 29.4 Å². The van der Waals surface area contributed by atoms with Gasteiger partial charge in [-0.05, 0) is 31.7 Å². The predicted octanol–water partition coefficient (Wildman–Crippen LogP) is 4.02.